The molecule has 4 rings (SSSR count). The Labute approximate surface area is 230 Å². The molecule has 1 N–H and O–H groups in total. The molecule has 2 aromatic rings. The minimum Gasteiger partial charge on any atom is -0.322 e. The lowest BCUT2D eigenvalue weighted by atomic mass is 9.86. The highest BCUT2D eigenvalue weighted by molar-refractivity contribution is 6.31. The van der Waals surface area contributed by atoms with Gasteiger partial charge in [-0.1, -0.05) is 41.9 Å². The number of hydrogen-bond donors (Lipinski definition) is 1. The van der Waals surface area contributed by atoms with Crippen molar-refractivity contribution < 1.29 is 40.7 Å². The Morgan fingerprint density at radius 1 is 0.900 bits per heavy atom. The molecular weight excluding hydrogens is 564 g/mol. The fourth-order valence-electron chi connectivity index (χ4n) is 5.05. The second kappa shape index (κ2) is 11.2. The summed E-state index contributed by atoms with van der Waals surface area (Å²) < 4.78 is 77.4. The van der Waals surface area contributed by atoms with Crippen molar-refractivity contribution in [2.75, 3.05) is 5.32 Å². The maximum Gasteiger partial charge on any atom is 0.389 e. The molecule has 1 saturated heterocycles. The fourth-order valence-corrected chi connectivity index (χ4v) is 5.24. The molecule has 0 saturated carbocycles. The van der Waals surface area contributed by atoms with Crippen LogP contribution in [0.1, 0.15) is 48.8 Å². The summed E-state index contributed by atoms with van der Waals surface area (Å²) in [6, 6.07) is 11.5. The lowest BCUT2D eigenvalue weighted by Crippen LogP contribution is -2.46. The zero-order valence-corrected chi connectivity index (χ0v) is 21.8. The lowest BCUT2D eigenvalue weighted by Gasteiger charge is -2.22. The van der Waals surface area contributed by atoms with E-state index < -0.39 is 80.2 Å². The predicted molar refractivity (Wildman–Crippen MR) is 135 cm³/mol. The van der Waals surface area contributed by atoms with E-state index in [9.17, 15) is 40.7 Å². The number of carbonyl (C=O) groups is 3. The van der Waals surface area contributed by atoms with Crippen LogP contribution in [0.4, 0.5) is 32.0 Å². The van der Waals surface area contributed by atoms with E-state index in [-0.39, 0.29) is 5.71 Å². The van der Waals surface area contributed by atoms with Gasteiger partial charge in [0.2, 0.25) is 18.0 Å². The van der Waals surface area contributed by atoms with Crippen LogP contribution in [0.15, 0.2) is 47.5 Å². The molecule has 0 aliphatic carbocycles. The number of likely N-dealkylation sites (tertiary alicyclic amines) is 1. The second-order valence-corrected chi connectivity index (χ2v) is 10.2. The van der Waals surface area contributed by atoms with Crippen LogP contribution in [-0.2, 0) is 14.4 Å². The van der Waals surface area contributed by atoms with Crippen molar-refractivity contribution in [2.45, 2.75) is 57.5 Å². The molecule has 2 heterocycles. The van der Waals surface area contributed by atoms with Crippen molar-refractivity contribution in [3.05, 3.63) is 64.2 Å². The van der Waals surface area contributed by atoms with Crippen molar-refractivity contribution in [2.24, 2.45) is 16.8 Å². The number of imide groups is 1. The zero-order valence-electron chi connectivity index (χ0n) is 21.1. The first-order valence-corrected chi connectivity index (χ1v) is 12.8. The molecular formula is C27H24ClF6N3O3. The Hall–Kier alpha value is -3.41. The first-order valence-electron chi connectivity index (χ1n) is 12.4. The van der Waals surface area contributed by atoms with Gasteiger partial charge in [-0.2, -0.15) is 26.3 Å². The van der Waals surface area contributed by atoms with Gasteiger partial charge < -0.3 is 5.32 Å². The minimum absolute atomic E-state index is 0.192. The van der Waals surface area contributed by atoms with Crippen LogP contribution in [-0.4, -0.2) is 46.9 Å². The number of benzene rings is 2. The molecule has 2 aliphatic rings. The number of fused-ring (bicyclic) bond motifs is 1. The van der Waals surface area contributed by atoms with Crippen molar-refractivity contribution in [1.29, 1.82) is 0 Å². The molecule has 0 bridgehead atoms. The maximum absolute atomic E-state index is 13.5. The fraction of sp³-hybridized carbons (Fsp3) is 0.407. The second-order valence-electron chi connectivity index (χ2n) is 9.77. The van der Waals surface area contributed by atoms with E-state index in [1.54, 1.807) is 49.4 Å². The van der Waals surface area contributed by atoms with E-state index in [4.69, 9.17) is 11.6 Å². The molecule has 2 aromatic carbocycles. The standard InChI is InChI=1S/C27H24ClF6N3O3/c1-14-5-2-8-19-20(14)36-23(38)22(35-21(19)15-6-3-7-16(28)13-15)37-24(39)17(9-4-11-26(29,30)31)18(25(37)40)10-12-27(32,33)34/h2-3,5-8,13,17-18,22H,4,9-12H2,1H3,(H,36,38)/t17-,18+,22-/m0/s1. The number of carbonyl (C=O) groups excluding carboxylic acids is 3. The van der Waals surface area contributed by atoms with Gasteiger partial charge in [-0.3, -0.25) is 14.4 Å². The number of halogens is 7. The van der Waals surface area contributed by atoms with Crippen LogP contribution < -0.4 is 5.32 Å². The van der Waals surface area contributed by atoms with Gasteiger partial charge in [0, 0.05) is 29.0 Å². The quantitative estimate of drug-likeness (QED) is 0.299. The number of rotatable bonds is 7. The SMILES string of the molecule is Cc1cccc2c1NC(=O)[C@H](N1C(=O)[C@@H](CCCC(F)(F)F)[C@@H](CCC(F)(F)F)C1=O)N=C2c1cccc(Cl)c1. The van der Waals surface area contributed by atoms with Crippen LogP contribution in [0.5, 0.6) is 0 Å². The highest BCUT2D eigenvalue weighted by Gasteiger charge is 2.52. The summed E-state index contributed by atoms with van der Waals surface area (Å²) in [7, 11) is 0. The van der Waals surface area contributed by atoms with E-state index in [2.05, 4.69) is 10.3 Å². The number of hydrogen-bond acceptors (Lipinski definition) is 4. The molecule has 214 valence electrons. The van der Waals surface area contributed by atoms with E-state index in [0.717, 1.165) is 0 Å². The highest BCUT2D eigenvalue weighted by Crippen LogP contribution is 2.39. The van der Waals surface area contributed by atoms with E-state index in [1.165, 1.54) is 0 Å². The predicted octanol–water partition coefficient (Wildman–Crippen LogP) is 6.44. The van der Waals surface area contributed by atoms with Crippen molar-refractivity contribution in [3.63, 3.8) is 0 Å². The average molecular weight is 588 g/mol. The Morgan fingerprint density at radius 2 is 1.52 bits per heavy atom. The van der Waals surface area contributed by atoms with Gasteiger partial charge in [-0.25, -0.2) is 9.89 Å². The smallest absolute Gasteiger partial charge is 0.322 e. The summed E-state index contributed by atoms with van der Waals surface area (Å²) in [6.07, 6.45) is -15.5. The van der Waals surface area contributed by atoms with Crippen LogP contribution in [0.3, 0.4) is 0 Å². The first kappa shape index (κ1) is 29.6. The number of alkyl halides is 6. The van der Waals surface area contributed by atoms with Crippen LogP contribution in [0.2, 0.25) is 5.02 Å². The van der Waals surface area contributed by atoms with Gasteiger partial charge in [0.1, 0.15) is 0 Å². The summed E-state index contributed by atoms with van der Waals surface area (Å²) in [5.41, 5.74) is 2.07. The number of amides is 3. The van der Waals surface area contributed by atoms with Gasteiger partial charge in [-0.15, -0.1) is 0 Å². The van der Waals surface area contributed by atoms with Crippen molar-refractivity contribution in [1.82, 2.24) is 4.90 Å². The summed E-state index contributed by atoms with van der Waals surface area (Å²) >= 11 is 6.16. The molecule has 0 spiro atoms. The average Bonchev–Trinajstić information content (AvgIpc) is 2.97. The van der Waals surface area contributed by atoms with Gasteiger partial charge in [0.25, 0.3) is 5.91 Å². The third-order valence-electron chi connectivity index (χ3n) is 6.91. The monoisotopic (exact) mass is 587 g/mol. The molecule has 0 unspecified atom stereocenters. The van der Waals surface area contributed by atoms with E-state index >= 15 is 0 Å². The van der Waals surface area contributed by atoms with Crippen molar-refractivity contribution in [3.8, 4) is 0 Å². The molecule has 3 amide bonds. The summed E-state index contributed by atoms with van der Waals surface area (Å²) in [6.45, 7) is 1.71. The number of anilines is 1. The van der Waals surface area contributed by atoms with Gasteiger partial charge in [0.05, 0.1) is 23.2 Å². The molecule has 0 aromatic heterocycles. The number of nitrogens with one attached hydrogen (secondary N) is 1. The van der Waals surface area contributed by atoms with Crippen LogP contribution in [0, 0.1) is 18.8 Å². The summed E-state index contributed by atoms with van der Waals surface area (Å²) in [4.78, 5) is 45.3. The Kier molecular flexibility index (Phi) is 8.30. The topological polar surface area (TPSA) is 78.8 Å². The van der Waals surface area contributed by atoms with Gasteiger partial charge in [0.15, 0.2) is 0 Å². The normalized spacial score (nSPS) is 21.7. The van der Waals surface area contributed by atoms with Gasteiger partial charge in [-0.05, 0) is 43.9 Å². The maximum atomic E-state index is 13.5. The zero-order chi connectivity index (χ0) is 29.4. The molecule has 40 heavy (non-hydrogen) atoms. The molecule has 1 fully saturated rings. The lowest BCUT2D eigenvalue weighted by molar-refractivity contribution is -0.147. The number of aryl methyl sites for hydroxylation is 1. The largest absolute Gasteiger partial charge is 0.389 e. The summed E-state index contributed by atoms with van der Waals surface area (Å²) in [5.74, 6) is -6.01. The van der Waals surface area contributed by atoms with E-state index in [1.807, 2.05) is 0 Å². The van der Waals surface area contributed by atoms with Crippen LogP contribution in [0.25, 0.3) is 0 Å². The number of nitrogens with zero attached hydrogens (tertiary/aromatic N) is 2. The first-order chi connectivity index (χ1) is 18.7. The summed E-state index contributed by atoms with van der Waals surface area (Å²) in [5, 5.41) is 2.99. The van der Waals surface area contributed by atoms with Crippen LogP contribution >= 0.6 is 11.6 Å². The molecule has 2 aliphatic heterocycles. The molecule has 6 nitrogen and oxygen atoms in total. The van der Waals surface area contributed by atoms with E-state index in [0.29, 0.717) is 32.3 Å². The Balaban J connectivity index is 1.77. The minimum atomic E-state index is -4.66. The number of para-hydroxylation sites is 1. The molecule has 3 atom stereocenters. The Bertz CT molecular complexity index is 1360. The third-order valence-corrected chi connectivity index (χ3v) is 7.15. The van der Waals surface area contributed by atoms with Crippen molar-refractivity contribution >= 4 is 40.7 Å². The number of benzodiazepines with no additional fused rings is 1. The van der Waals surface area contributed by atoms with Gasteiger partial charge >= 0.3 is 12.4 Å². The molecule has 13 heteroatoms. The third kappa shape index (κ3) is 6.48. The highest BCUT2D eigenvalue weighted by atomic mass is 35.5. The molecule has 0 radical (unpaired) electrons. The number of aliphatic imine (C=N–C) groups is 1. The Morgan fingerprint density at radius 3 is 2.15 bits per heavy atom.